The quantitative estimate of drug-likeness (QED) is 0.815. The number of aromatic nitrogens is 2. The number of hydrogen-bond acceptors (Lipinski definition) is 6. The maximum atomic E-state index is 12.0. The largest absolute Gasteiger partial charge is 0.383 e. The van der Waals surface area contributed by atoms with Crippen molar-refractivity contribution >= 4 is 27.1 Å². The number of sulfone groups is 1. The summed E-state index contributed by atoms with van der Waals surface area (Å²) in [5.74, 6) is 0.226. The van der Waals surface area contributed by atoms with Gasteiger partial charge in [0.15, 0.2) is 9.84 Å². The Kier molecular flexibility index (Phi) is 5.23. The van der Waals surface area contributed by atoms with Gasteiger partial charge in [-0.25, -0.2) is 13.1 Å². The van der Waals surface area contributed by atoms with Crippen molar-refractivity contribution in [3.05, 3.63) is 21.6 Å². The Balaban J connectivity index is 2.08. The molecule has 118 valence electrons. The van der Waals surface area contributed by atoms with Crippen molar-refractivity contribution in [2.45, 2.75) is 24.6 Å². The van der Waals surface area contributed by atoms with E-state index in [1.54, 1.807) is 0 Å². The summed E-state index contributed by atoms with van der Waals surface area (Å²) in [6.07, 6.45) is 2.74. The second-order valence-corrected chi connectivity index (χ2v) is 7.68. The molecule has 1 aliphatic heterocycles. The molecule has 0 spiro atoms. The zero-order valence-electron chi connectivity index (χ0n) is 11.7. The van der Waals surface area contributed by atoms with E-state index in [1.165, 1.54) is 18.0 Å². The number of rotatable bonds is 6. The minimum Gasteiger partial charge on any atom is -0.383 e. The predicted molar refractivity (Wildman–Crippen MR) is 80.7 cm³/mol. The minimum atomic E-state index is -3.03. The molecule has 0 radical (unpaired) electrons. The molecule has 0 aliphatic carbocycles. The summed E-state index contributed by atoms with van der Waals surface area (Å²) in [7, 11) is -1.49. The molecule has 0 bridgehead atoms. The van der Waals surface area contributed by atoms with Crippen molar-refractivity contribution < 1.29 is 13.2 Å². The van der Waals surface area contributed by atoms with Crippen LogP contribution in [-0.4, -0.2) is 49.5 Å². The molecule has 1 aromatic heterocycles. The molecule has 1 unspecified atom stereocenters. The lowest BCUT2D eigenvalue weighted by atomic mass is 10.2. The number of nitrogens with one attached hydrogen (secondary N) is 1. The van der Waals surface area contributed by atoms with Gasteiger partial charge >= 0.3 is 0 Å². The molecule has 0 saturated carbocycles. The Hall–Kier alpha value is -1.12. The van der Waals surface area contributed by atoms with Crippen molar-refractivity contribution in [2.75, 3.05) is 31.3 Å². The van der Waals surface area contributed by atoms with E-state index in [9.17, 15) is 13.2 Å². The van der Waals surface area contributed by atoms with E-state index in [0.717, 1.165) is 0 Å². The standard InChI is InChI=1S/C12H18ClN3O4S/c1-20-5-4-16-12(17)11(13)10(8-15-16)14-7-9-3-2-6-21(9,18)19/h8-9,14H,2-7H2,1H3. The highest BCUT2D eigenvalue weighted by molar-refractivity contribution is 7.92. The van der Waals surface area contributed by atoms with Gasteiger partial charge in [-0.05, 0) is 12.8 Å². The molecule has 1 N–H and O–H groups in total. The van der Waals surface area contributed by atoms with Gasteiger partial charge in [0.05, 0.1) is 36.0 Å². The van der Waals surface area contributed by atoms with E-state index < -0.39 is 20.6 Å². The molecule has 7 nitrogen and oxygen atoms in total. The number of anilines is 1. The van der Waals surface area contributed by atoms with Gasteiger partial charge in [-0.15, -0.1) is 0 Å². The van der Waals surface area contributed by atoms with Gasteiger partial charge in [0.2, 0.25) is 0 Å². The molecule has 1 atom stereocenters. The Morgan fingerprint density at radius 2 is 2.33 bits per heavy atom. The molecular formula is C12H18ClN3O4S. The molecule has 0 amide bonds. The first-order valence-corrected chi connectivity index (χ1v) is 8.75. The monoisotopic (exact) mass is 335 g/mol. The smallest absolute Gasteiger partial charge is 0.287 e. The molecule has 2 rings (SSSR count). The van der Waals surface area contributed by atoms with Gasteiger partial charge in [-0.2, -0.15) is 5.10 Å². The summed E-state index contributed by atoms with van der Waals surface area (Å²) >= 11 is 6.01. The van der Waals surface area contributed by atoms with Crippen LogP contribution in [0.4, 0.5) is 5.69 Å². The highest BCUT2D eigenvalue weighted by Gasteiger charge is 2.31. The van der Waals surface area contributed by atoms with Crippen LogP contribution in [0.15, 0.2) is 11.0 Å². The fraction of sp³-hybridized carbons (Fsp3) is 0.667. The number of nitrogens with zero attached hydrogens (tertiary/aromatic N) is 2. The maximum absolute atomic E-state index is 12.0. The third-order valence-corrected chi connectivity index (χ3v) is 6.12. The predicted octanol–water partition coefficient (Wildman–Crippen LogP) is 0.532. The number of ether oxygens (including phenoxy) is 1. The van der Waals surface area contributed by atoms with E-state index in [4.69, 9.17) is 16.3 Å². The van der Waals surface area contributed by atoms with Crippen LogP contribution < -0.4 is 10.9 Å². The maximum Gasteiger partial charge on any atom is 0.287 e. The van der Waals surface area contributed by atoms with Crippen molar-refractivity contribution in [1.29, 1.82) is 0 Å². The van der Waals surface area contributed by atoms with Crippen LogP contribution in [0.25, 0.3) is 0 Å². The normalized spacial score (nSPS) is 20.6. The molecule has 2 heterocycles. The summed E-state index contributed by atoms with van der Waals surface area (Å²) in [5, 5.41) is 6.49. The first-order chi connectivity index (χ1) is 9.95. The second-order valence-electron chi connectivity index (χ2n) is 4.91. The van der Waals surface area contributed by atoms with Crippen LogP contribution in [0.3, 0.4) is 0 Å². The van der Waals surface area contributed by atoms with Crippen LogP contribution in [0.2, 0.25) is 5.02 Å². The Bertz CT molecular complexity index is 659. The average Bonchev–Trinajstić information content (AvgIpc) is 2.78. The Morgan fingerprint density at radius 3 is 2.95 bits per heavy atom. The number of methoxy groups -OCH3 is 1. The van der Waals surface area contributed by atoms with Crippen molar-refractivity contribution in [2.24, 2.45) is 0 Å². The summed E-state index contributed by atoms with van der Waals surface area (Å²) in [4.78, 5) is 12.0. The minimum absolute atomic E-state index is 0.0106. The molecule has 1 aromatic rings. The van der Waals surface area contributed by atoms with Crippen molar-refractivity contribution in [1.82, 2.24) is 9.78 Å². The fourth-order valence-corrected chi connectivity index (χ4v) is 4.22. The summed E-state index contributed by atoms with van der Waals surface area (Å²) in [5.41, 5.74) is -0.0644. The van der Waals surface area contributed by atoms with Crippen LogP contribution in [0.5, 0.6) is 0 Å². The van der Waals surface area contributed by atoms with Crippen LogP contribution in [0, 0.1) is 0 Å². The summed E-state index contributed by atoms with van der Waals surface area (Å²) < 4.78 is 29.6. The third-order valence-electron chi connectivity index (χ3n) is 3.48. The molecule has 1 fully saturated rings. The Morgan fingerprint density at radius 1 is 1.57 bits per heavy atom. The van der Waals surface area contributed by atoms with Crippen LogP contribution >= 0.6 is 11.6 Å². The first-order valence-electron chi connectivity index (χ1n) is 6.65. The molecule has 1 aliphatic rings. The average molecular weight is 336 g/mol. The highest BCUT2D eigenvalue weighted by Crippen LogP contribution is 2.22. The zero-order valence-corrected chi connectivity index (χ0v) is 13.3. The fourth-order valence-electron chi connectivity index (χ4n) is 2.24. The second kappa shape index (κ2) is 6.76. The third kappa shape index (κ3) is 3.75. The lowest BCUT2D eigenvalue weighted by molar-refractivity contribution is 0.182. The van der Waals surface area contributed by atoms with E-state index in [-0.39, 0.29) is 17.3 Å². The molecule has 9 heteroatoms. The summed E-state index contributed by atoms with van der Waals surface area (Å²) in [6.45, 7) is 0.911. The van der Waals surface area contributed by atoms with Gasteiger partial charge in [-0.1, -0.05) is 11.6 Å². The van der Waals surface area contributed by atoms with E-state index in [1.807, 2.05) is 0 Å². The zero-order chi connectivity index (χ0) is 15.5. The van der Waals surface area contributed by atoms with E-state index in [0.29, 0.717) is 31.7 Å². The lowest BCUT2D eigenvalue weighted by Gasteiger charge is -2.13. The molecular weight excluding hydrogens is 318 g/mol. The first kappa shape index (κ1) is 16.3. The number of hydrogen-bond donors (Lipinski definition) is 1. The van der Waals surface area contributed by atoms with Gasteiger partial charge < -0.3 is 10.1 Å². The van der Waals surface area contributed by atoms with Crippen molar-refractivity contribution in [3.63, 3.8) is 0 Å². The van der Waals surface area contributed by atoms with E-state index in [2.05, 4.69) is 10.4 Å². The molecule has 21 heavy (non-hydrogen) atoms. The highest BCUT2D eigenvalue weighted by atomic mass is 35.5. The Labute approximate surface area is 128 Å². The van der Waals surface area contributed by atoms with Gasteiger partial charge in [0.1, 0.15) is 5.02 Å². The van der Waals surface area contributed by atoms with Gasteiger partial charge in [-0.3, -0.25) is 4.79 Å². The van der Waals surface area contributed by atoms with E-state index >= 15 is 0 Å². The number of halogens is 1. The van der Waals surface area contributed by atoms with Gasteiger partial charge in [0, 0.05) is 13.7 Å². The topological polar surface area (TPSA) is 90.3 Å². The van der Waals surface area contributed by atoms with Crippen molar-refractivity contribution in [3.8, 4) is 0 Å². The lowest BCUT2D eigenvalue weighted by Crippen LogP contribution is -2.28. The summed E-state index contributed by atoms with van der Waals surface area (Å²) in [6, 6.07) is 0. The van der Waals surface area contributed by atoms with Crippen LogP contribution in [-0.2, 0) is 21.1 Å². The molecule has 0 aromatic carbocycles. The molecule has 1 saturated heterocycles. The van der Waals surface area contributed by atoms with Crippen LogP contribution in [0.1, 0.15) is 12.8 Å². The SMILES string of the molecule is COCCn1ncc(NCC2CCCS2(=O)=O)c(Cl)c1=O. The van der Waals surface area contributed by atoms with Gasteiger partial charge in [0.25, 0.3) is 5.56 Å².